The van der Waals surface area contributed by atoms with Gasteiger partial charge in [-0.25, -0.2) is 9.59 Å². The molecule has 1 aromatic carbocycles. The van der Waals surface area contributed by atoms with Crippen LogP contribution in [0.5, 0.6) is 5.75 Å². The fourth-order valence-electron chi connectivity index (χ4n) is 3.38. The fourth-order valence-corrected chi connectivity index (χ4v) is 3.38. The van der Waals surface area contributed by atoms with Crippen molar-refractivity contribution in [2.75, 3.05) is 13.2 Å². The number of esters is 2. The maximum absolute atomic E-state index is 12.5. The molecule has 5 nitrogen and oxygen atoms in total. The Morgan fingerprint density at radius 3 is 1.65 bits per heavy atom. The van der Waals surface area contributed by atoms with Gasteiger partial charge >= 0.3 is 11.9 Å². The quantitative estimate of drug-likeness (QED) is 0.226. The average molecular weight is 435 g/mol. The molecule has 0 spiro atoms. The summed E-state index contributed by atoms with van der Waals surface area (Å²) in [5.41, 5.74) is 0.196. The van der Waals surface area contributed by atoms with Crippen LogP contribution in [0.1, 0.15) is 113 Å². The number of benzene rings is 1. The molecule has 0 aliphatic carbocycles. The number of unbranched alkanes of at least 4 members (excludes halogenated alkanes) is 6. The second kappa shape index (κ2) is 15.7. The smallest absolute Gasteiger partial charge is 0.339 e. The number of phenolic OH excluding ortho intramolecular Hbond substituents is 1. The lowest BCUT2D eigenvalue weighted by Crippen LogP contribution is -2.15. The molecule has 0 radical (unpaired) electrons. The van der Waals surface area contributed by atoms with Gasteiger partial charge in [-0.15, -0.1) is 0 Å². The summed E-state index contributed by atoms with van der Waals surface area (Å²) in [5, 5.41) is 9.76. The lowest BCUT2D eigenvalue weighted by atomic mass is 10.0. The van der Waals surface area contributed by atoms with Crippen molar-refractivity contribution in [3.8, 4) is 5.75 Å². The van der Waals surface area contributed by atoms with Gasteiger partial charge in [-0.1, -0.05) is 79.1 Å². The van der Waals surface area contributed by atoms with Crippen molar-refractivity contribution in [1.29, 1.82) is 0 Å². The molecule has 0 saturated heterocycles. The minimum absolute atomic E-state index is 0.0572. The fraction of sp³-hybridized carbons (Fsp3) is 0.692. The summed E-state index contributed by atoms with van der Waals surface area (Å²) in [6.07, 6.45) is 10.7. The summed E-state index contributed by atoms with van der Waals surface area (Å²) in [6, 6.07) is 4.07. The summed E-state index contributed by atoms with van der Waals surface area (Å²) in [4.78, 5) is 24.9. The van der Waals surface area contributed by atoms with Crippen LogP contribution in [0.2, 0.25) is 0 Å². The summed E-state index contributed by atoms with van der Waals surface area (Å²) >= 11 is 0. The van der Waals surface area contributed by atoms with Gasteiger partial charge in [-0.05, 0) is 42.9 Å². The zero-order valence-electron chi connectivity index (χ0n) is 20.0. The van der Waals surface area contributed by atoms with Crippen LogP contribution in [-0.4, -0.2) is 30.3 Å². The van der Waals surface area contributed by atoms with Crippen molar-refractivity contribution in [3.05, 3.63) is 29.3 Å². The largest absolute Gasteiger partial charge is 0.508 e. The van der Waals surface area contributed by atoms with E-state index in [9.17, 15) is 14.7 Å². The number of ether oxygens (including phenoxy) is 2. The van der Waals surface area contributed by atoms with Crippen LogP contribution >= 0.6 is 0 Å². The molecule has 5 heteroatoms. The highest BCUT2D eigenvalue weighted by molar-refractivity contribution is 6.03. The third-order valence-electron chi connectivity index (χ3n) is 5.26. The first-order chi connectivity index (χ1) is 14.8. The maximum Gasteiger partial charge on any atom is 0.339 e. The van der Waals surface area contributed by atoms with Crippen LogP contribution in [0.3, 0.4) is 0 Å². The van der Waals surface area contributed by atoms with E-state index in [1.165, 1.54) is 43.9 Å². The molecule has 0 bridgehead atoms. The monoisotopic (exact) mass is 434 g/mol. The van der Waals surface area contributed by atoms with Crippen molar-refractivity contribution < 1.29 is 24.2 Å². The molecule has 1 N–H and O–H groups in total. The summed E-state index contributed by atoms with van der Waals surface area (Å²) < 4.78 is 10.7. The molecule has 1 aromatic rings. The molecule has 0 aliphatic rings. The number of rotatable bonds is 16. The number of hydrogen-bond acceptors (Lipinski definition) is 5. The Labute approximate surface area is 188 Å². The van der Waals surface area contributed by atoms with Gasteiger partial charge in [0.25, 0.3) is 0 Å². The Kier molecular flexibility index (Phi) is 13.7. The van der Waals surface area contributed by atoms with Crippen LogP contribution < -0.4 is 0 Å². The molecule has 1 rings (SSSR count). The van der Waals surface area contributed by atoms with E-state index in [0.717, 1.165) is 44.4 Å². The molecule has 31 heavy (non-hydrogen) atoms. The molecular weight excluding hydrogens is 392 g/mol. The van der Waals surface area contributed by atoms with Gasteiger partial charge in [0.15, 0.2) is 0 Å². The standard InChI is InChI=1S/C26H42O5/c1-20(2)13-9-5-7-11-17-30-25(28)23-16-15-22(27)19-24(23)26(29)31-18-12-8-6-10-14-21(3)4/h15-16,19-21,27H,5-14,17-18H2,1-4H3. The number of carbonyl (C=O) groups is 2. The van der Waals surface area contributed by atoms with Crippen molar-refractivity contribution >= 4 is 11.9 Å². The first kappa shape index (κ1) is 27.0. The highest BCUT2D eigenvalue weighted by atomic mass is 16.5. The van der Waals surface area contributed by atoms with Gasteiger partial charge < -0.3 is 14.6 Å². The third kappa shape index (κ3) is 12.4. The Hall–Kier alpha value is -2.04. The van der Waals surface area contributed by atoms with Gasteiger partial charge in [0.2, 0.25) is 0 Å². The summed E-state index contributed by atoms with van der Waals surface area (Å²) in [7, 11) is 0. The van der Waals surface area contributed by atoms with Crippen molar-refractivity contribution in [1.82, 2.24) is 0 Å². The average Bonchev–Trinajstić information content (AvgIpc) is 2.71. The Morgan fingerprint density at radius 2 is 1.16 bits per heavy atom. The Balaban J connectivity index is 2.41. The van der Waals surface area contributed by atoms with E-state index in [1.54, 1.807) is 0 Å². The predicted molar refractivity (Wildman–Crippen MR) is 125 cm³/mol. The molecule has 176 valence electrons. The maximum atomic E-state index is 12.5. The van der Waals surface area contributed by atoms with Crippen LogP contribution in [0.4, 0.5) is 0 Å². The number of carbonyl (C=O) groups excluding carboxylic acids is 2. The third-order valence-corrected chi connectivity index (χ3v) is 5.26. The topological polar surface area (TPSA) is 72.8 Å². The molecule has 0 aliphatic heterocycles. The first-order valence-electron chi connectivity index (χ1n) is 12.0. The van der Waals surface area contributed by atoms with E-state index in [1.807, 2.05) is 0 Å². The van der Waals surface area contributed by atoms with Crippen molar-refractivity contribution in [2.24, 2.45) is 11.8 Å². The van der Waals surface area contributed by atoms with Gasteiger partial charge in [0, 0.05) is 0 Å². The van der Waals surface area contributed by atoms with Gasteiger partial charge in [0.1, 0.15) is 5.75 Å². The molecule has 0 unspecified atom stereocenters. The lowest BCUT2D eigenvalue weighted by molar-refractivity contribution is 0.0450. The summed E-state index contributed by atoms with van der Waals surface area (Å²) in [5.74, 6) is 0.200. The zero-order valence-corrected chi connectivity index (χ0v) is 20.0. The van der Waals surface area contributed by atoms with Crippen molar-refractivity contribution in [3.63, 3.8) is 0 Å². The van der Waals surface area contributed by atoms with Crippen LogP contribution in [0.25, 0.3) is 0 Å². The highest BCUT2D eigenvalue weighted by Gasteiger charge is 2.20. The number of aromatic hydroxyl groups is 1. The predicted octanol–water partition coefficient (Wildman–Crippen LogP) is 6.92. The van der Waals surface area contributed by atoms with E-state index < -0.39 is 11.9 Å². The van der Waals surface area contributed by atoms with Crippen molar-refractivity contribution in [2.45, 2.75) is 91.9 Å². The number of phenols is 1. The van der Waals surface area contributed by atoms with Gasteiger partial charge in [0.05, 0.1) is 24.3 Å². The second-order valence-electron chi connectivity index (χ2n) is 9.20. The minimum Gasteiger partial charge on any atom is -0.508 e. The second-order valence-corrected chi connectivity index (χ2v) is 9.20. The van der Waals surface area contributed by atoms with E-state index in [-0.39, 0.29) is 16.9 Å². The SMILES string of the molecule is CC(C)CCCCCCOC(=O)c1ccc(O)cc1C(=O)OCCCCCCC(C)C. The van der Waals surface area contributed by atoms with E-state index >= 15 is 0 Å². The molecule has 0 saturated carbocycles. The van der Waals surface area contributed by atoms with Crippen LogP contribution in [0.15, 0.2) is 18.2 Å². The highest BCUT2D eigenvalue weighted by Crippen LogP contribution is 2.20. The van der Waals surface area contributed by atoms with E-state index in [0.29, 0.717) is 19.1 Å². The van der Waals surface area contributed by atoms with E-state index in [4.69, 9.17) is 9.47 Å². The van der Waals surface area contributed by atoms with Crippen LogP contribution in [-0.2, 0) is 9.47 Å². The minimum atomic E-state index is -0.598. The molecule has 0 aromatic heterocycles. The lowest BCUT2D eigenvalue weighted by Gasteiger charge is -2.11. The Morgan fingerprint density at radius 1 is 0.710 bits per heavy atom. The van der Waals surface area contributed by atoms with Gasteiger partial charge in [-0.2, -0.15) is 0 Å². The molecule has 0 fully saturated rings. The molecule has 0 heterocycles. The van der Waals surface area contributed by atoms with Gasteiger partial charge in [-0.3, -0.25) is 0 Å². The molecule has 0 atom stereocenters. The molecule has 0 amide bonds. The summed E-state index contributed by atoms with van der Waals surface area (Å²) in [6.45, 7) is 9.50. The first-order valence-corrected chi connectivity index (χ1v) is 12.0. The van der Waals surface area contributed by atoms with E-state index in [2.05, 4.69) is 27.7 Å². The Bertz CT molecular complexity index is 651. The van der Waals surface area contributed by atoms with Crippen LogP contribution in [0, 0.1) is 11.8 Å². The normalized spacial score (nSPS) is 11.2. The number of hydrogen-bond donors (Lipinski definition) is 1. The zero-order chi connectivity index (χ0) is 23.1. The molecular formula is C26H42O5.